The zero-order valence-electron chi connectivity index (χ0n) is 11.2. The highest BCUT2D eigenvalue weighted by Gasteiger charge is 2.37. The first kappa shape index (κ1) is 13.7. The van der Waals surface area contributed by atoms with E-state index in [2.05, 4.69) is 5.32 Å². The first-order valence-electron chi connectivity index (χ1n) is 6.71. The summed E-state index contributed by atoms with van der Waals surface area (Å²) in [6, 6.07) is 0. The van der Waals surface area contributed by atoms with E-state index in [-0.39, 0.29) is 11.8 Å². The molecule has 0 saturated carbocycles. The average Bonchev–Trinajstić information content (AvgIpc) is 2.42. The van der Waals surface area contributed by atoms with Gasteiger partial charge in [0.2, 0.25) is 11.8 Å². The first-order valence-corrected chi connectivity index (χ1v) is 7.76. The standard InChI is InChI=1S/C13H22N2O2S/c1-13(2)12(17)15(7-6-11(16)14-13)9-10-5-3-4-8-18-10/h10H,3-9H2,1-2H3,(H,14,16). The van der Waals surface area contributed by atoms with Crippen molar-refractivity contribution >= 4 is 23.6 Å². The van der Waals surface area contributed by atoms with E-state index < -0.39 is 5.54 Å². The van der Waals surface area contributed by atoms with E-state index in [1.54, 1.807) is 13.8 Å². The Morgan fingerprint density at radius 2 is 2.17 bits per heavy atom. The molecule has 1 atom stereocenters. The van der Waals surface area contributed by atoms with E-state index >= 15 is 0 Å². The lowest BCUT2D eigenvalue weighted by Gasteiger charge is -2.32. The van der Waals surface area contributed by atoms with Crippen molar-refractivity contribution in [3.63, 3.8) is 0 Å². The van der Waals surface area contributed by atoms with Crippen molar-refractivity contribution in [2.24, 2.45) is 0 Å². The Labute approximate surface area is 113 Å². The van der Waals surface area contributed by atoms with Crippen molar-refractivity contribution in [2.75, 3.05) is 18.8 Å². The summed E-state index contributed by atoms with van der Waals surface area (Å²) in [6.45, 7) is 4.94. The molecular weight excluding hydrogens is 248 g/mol. The van der Waals surface area contributed by atoms with Crippen molar-refractivity contribution in [3.05, 3.63) is 0 Å². The summed E-state index contributed by atoms with van der Waals surface area (Å²) < 4.78 is 0. The van der Waals surface area contributed by atoms with Gasteiger partial charge in [0.1, 0.15) is 5.54 Å². The van der Waals surface area contributed by atoms with Crippen molar-refractivity contribution in [2.45, 2.75) is 50.3 Å². The molecule has 2 aliphatic rings. The molecule has 2 aliphatic heterocycles. The fourth-order valence-corrected chi connectivity index (χ4v) is 3.89. The van der Waals surface area contributed by atoms with Crippen LogP contribution < -0.4 is 5.32 Å². The van der Waals surface area contributed by atoms with Gasteiger partial charge in [-0.3, -0.25) is 9.59 Å². The van der Waals surface area contributed by atoms with Crippen LogP contribution in [0.1, 0.15) is 39.5 Å². The van der Waals surface area contributed by atoms with Crippen LogP contribution in [-0.4, -0.2) is 46.3 Å². The molecule has 0 spiro atoms. The summed E-state index contributed by atoms with van der Waals surface area (Å²) in [5, 5.41) is 3.35. The van der Waals surface area contributed by atoms with Crippen LogP contribution in [0.2, 0.25) is 0 Å². The molecule has 18 heavy (non-hydrogen) atoms. The highest BCUT2D eigenvalue weighted by atomic mass is 32.2. The molecule has 1 unspecified atom stereocenters. The van der Waals surface area contributed by atoms with Crippen LogP contribution in [0.15, 0.2) is 0 Å². The minimum atomic E-state index is -0.757. The molecule has 2 fully saturated rings. The highest BCUT2D eigenvalue weighted by molar-refractivity contribution is 7.99. The third-order valence-electron chi connectivity index (χ3n) is 3.58. The summed E-state index contributed by atoms with van der Waals surface area (Å²) in [5.41, 5.74) is -0.757. The van der Waals surface area contributed by atoms with Gasteiger partial charge in [0, 0.05) is 24.8 Å². The van der Waals surface area contributed by atoms with Gasteiger partial charge >= 0.3 is 0 Å². The second-order valence-electron chi connectivity index (χ2n) is 5.66. The van der Waals surface area contributed by atoms with Gasteiger partial charge < -0.3 is 10.2 Å². The maximum absolute atomic E-state index is 12.4. The van der Waals surface area contributed by atoms with Crippen LogP contribution in [0, 0.1) is 0 Å². The lowest BCUT2D eigenvalue weighted by Crippen LogP contribution is -2.53. The van der Waals surface area contributed by atoms with Crippen LogP contribution in [0.5, 0.6) is 0 Å². The number of hydrogen-bond acceptors (Lipinski definition) is 3. The molecule has 0 aromatic carbocycles. The number of hydrogen-bond donors (Lipinski definition) is 1. The summed E-state index contributed by atoms with van der Waals surface area (Å²) in [7, 11) is 0. The smallest absolute Gasteiger partial charge is 0.247 e. The monoisotopic (exact) mass is 270 g/mol. The maximum atomic E-state index is 12.4. The molecule has 2 rings (SSSR count). The number of carbonyl (C=O) groups excluding carboxylic acids is 2. The predicted molar refractivity (Wildman–Crippen MR) is 73.5 cm³/mol. The molecule has 4 nitrogen and oxygen atoms in total. The van der Waals surface area contributed by atoms with E-state index in [1.807, 2.05) is 16.7 Å². The van der Waals surface area contributed by atoms with E-state index in [1.165, 1.54) is 25.0 Å². The molecule has 5 heteroatoms. The summed E-state index contributed by atoms with van der Waals surface area (Å²) >= 11 is 1.97. The molecule has 2 amide bonds. The van der Waals surface area contributed by atoms with E-state index in [0.717, 1.165) is 6.54 Å². The van der Waals surface area contributed by atoms with Gasteiger partial charge in [-0.15, -0.1) is 0 Å². The second kappa shape index (κ2) is 5.51. The van der Waals surface area contributed by atoms with Crippen molar-refractivity contribution in [1.82, 2.24) is 10.2 Å². The number of thioether (sulfide) groups is 1. The Kier molecular flexibility index (Phi) is 4.20. The van der Waals surface area contributed by atoms with Crippen LogP contribution in [0.25, 0.3) is 0 Å². The minimum Gasteiger partial charge on any atom is -0.342 e. The van der Waals surface area contributed by atoms with E-state index in [0.29, 0.717) is 18.2 Å². The van der Waals surface area contributed by atoms with Gasteiger partial charge in [-0.25, -0.2) is 0 Å². The molecule has 2 saturated heterocycles. The largest absolute Gasteiger partial charge is 0.342 e. The van der Waals surface area contributed by atoms with Crippen molar-refractivity contribution in [1.29, 1.82) is 0 Å². The molecule has 1 N–H and O–H groups in total. The van der Waals surface area contributed by atoms with Gasteiger partial charge in [-0.1, -0.05) is 6.42 Å². The van der Waals surface area contributed by atoms with Crippen molar-refractivity contribution < 1.29 is 9.59 Å². The fraction of sp³-hybridized carbons (Fsp3) is 0.846. The van der Waals surface area contributed by atoms with Gasteiger partial charge in [0.25, 0.3) is 0 Å². The van der Waals surface area contributed by atoms with Gasteiger partial charge in [-0.05, 0) is 32.4 Å². The molecule has 102 valence electrons. The topological polar surface area (TPSA) is 49.4 Å². The second-order valence-corrected chi connectivity index (χ2v) is 7.07. The van der Waals surface area contributed by atoms with E-state index in [4.69, 9.17) is 0 Å². The lowest BCUT2D eigenvalue weighted by atomic mass is 10.0. The quantitative estimate of drug-likeness (QED) is 0.825. The lowest BCUT2D eigenvalue weighted by molar-refractivity contribution is -0.137. The number of amides is 2. The van der Waals surface area contributed by atoms with Crippen LogP contribution in [-0.2, 0) is 9.59 Å². The summed E-state index contributed by atoms with van der Waals surface area (Å²) in [6.07, 6.45) is 4.17. The Morgan fingerprint density at radius 3 is 2.83 bits per heavy atom. The minimum absolute atomic E-state index is 0.0212. The number of nitrogens with one attached hydrogen (secondary N) is 1. The average molecular weight is 270 g/mol. The Bertz CT molecular complexity index is 338. The molecule has 0 bridgehead atoms. The molecule has 2 heterocycles. The number of nitrogens with zero attached hydrogens (tertiary/aromatic N) is 1. The van der Waals surface area contributed by atoms with Gasteiger partial charge in [-0.2, -0.15) is 11.8 Å². The maximum Gasteiger partial charge on any atom is 0.247 e. The summed E-state index contributed by atoms with van der Waals surface area (Å²) in [4.78, 5) is 25.9. The zero-order chi connectivity index (χ0) is 13.2. The third-order valence-corrected chi connectivity index (χ3v) is 4.96. The summed E-state index contributed by atoms with van der Waals surface area (Å²) in [5.74, 6) is 1.24. The van der Waals surface area contributed by atoms with Gasteiger partial charge in [0.15, 0.2) is 0 Å². The third kappa shape index (κ3) is 3.19. The predicted octanol–water partition coefficient (Wildman–Crippen LogP) is 1.40. The first-order chi connectivity index (χ1) is 8.49. The number of rotatable bonds is 2. The number of carbonyl (C=O) groups is 2. The Hall–Kier alpha value is -0.710. The van der Waals surface area contributed by atoms with Crippen molar-refractivity contribution in [3.8, 4) is 0 Å². The molecule has 0 aromatic rings. The SMILES string of the molecule is CC1(C)NC(=O)CCN(CC2CCCCS2)C1=O. The fourth-order valence-electron chi connectivity index (χ4n) is 2.57. The zero-order valence-corrected chi connectivity index (χ0v) is 12.0. The Balaban J connectivity index is 2.01. The molecular formula is C13H22N2O2S. The molecule has 0 aromatic heterocycles. The molecule has 0 radical (unpaired) electrons. The van der Waals surface area contributed by atoms with Crippen LogP contribution in [0.3, 0.4) is 0 Å². The van der Waals surface area contributed by atoms with E-state index in [9.17, 15) is 9.59 Å². The molecule has 0 aliphatic carbocycles. The Morgan fingerprint density at radius 1 is 1.39 bits per heavy atom. The van der Waals surface area contributed by atoms with Gasteiger partial charge in [0.05, 0.1) is 0 Å². The van der Waals surface area contributed by atoms with Crippen LogP contribution >= 0.6 is 11.8 Å². The van der Waals surface area contributed by atoms with Crippen LogP contribution in [0.4, 0.5) is 0 Å². The highest BCUT2D eigenvalue weighted by Crippen LogP contribution is 2.26. The normalized spacial score (nSPS) is 28.8.